The lowest BCUT2D eigenvalue weighted by molar-refractivity contribution is -0.123. The van der Waals surface area contributed by atoms with E-state index in [0.29, 0.717) is 5.69 Å². The second-order valence-corrected chi connectivity index (χ2v) is 9.70. The van der Waals surface area contributed by atoms with E-state index < -0.39 is 28.0 Å². The average molecular weight is 480 g/mol. The van der Waals surface area contributed by atoms with E-state index in [-0.39, 0.29) is 11.3 Å². The number of benzene rings is 3. The van der Waals surface area contributed by atoms with Gasteiger partial charge in [0.25, 0.3) is 5.91 Å². The maximum absolute atomic E-state index is 12.7. The van der Waals surface area contributed by atoms with Crippen LogP contribution in [0.1, 0.15) is 24.2 Å². The maximum atomic E-state index is 12.7. The molecule has 0 radical (unpaired) electrons. The number of esters is 1. The summed E-state index contributed by atoms with van der Waals surface area (Å²) in [6.07, 6.45) is -0.119. The summed E-state index contributed by atoms with van der Waals surface area (Å²) in [5, 5.41) is 4.90. The van der Waals surface area contributed by atoms with E-state index in [1.807, 2.05) is 36.4 Å². The Hall–Kier alpha value is -3.85. The number of aromatic nitrogens is 1. The van der Waals surface area contributed by atoms with Gasteiger partial charge in [-0.05, 0) is 50.2 Å². The third kappa shape index (κ3) is 4.74. The molecule has 0 aliphatic carbocycles. The lowest BCUT2D eigenvalue weighted by atomic mass is 10.1. The molecular weight excluding hydrogens is 454 g/mol. The third-order valence-electron chi connectivity index (χ3n) is 5.45. The highest BCUT2D eigenvalue weighted by Gasteiger charge is 2.22. The molecule has 9 heteroatoms. The van der Waals surface area contributed by atoms with Gasteiger partial charge in [-0.2, -0.15) is 0 Å². The van der Waals surface area contributed by atoms with Crippen molar-refractivity contribution >= 4 is 55.1 Å². The van der Waals surface area contributed by atoms with Crippen LogP contribution in [0.5, 0.6) is 0 Å². The van der Waals surface area contributed by atoms with Gasteiger partial charge in [0.1, 0.15) is 0 Å². The van der Waals surface area contributed by atoms with Gasteiger partial charge in [0.15, 0.2) is 6.10 Å². The number of hydrogen-bond acceptors (Lipinski definition) is 5. The Kier molecular flexibility index (Phi) is 6.30. The largest absolute Gasteiger partial charge is 0.449 e. The first-order valence-electron chi connectivity index (χ1n) is 10.8. The molecule has 1 aromatic heterocycles. The van der Waals surface area contributed by atoms with Gasteiger partial charge < -0.3 is 14.6 Å². The molecule has 0 fully saturated rings. The smallest absolute Gasteiger partial charge is 0.341 e. The van der Waals surface area contributed by atoms with Gasteiger partial charge in [-0.25, -0.2) is 13.2 Å². The summed E-state index contributed by atoms with van der Waals surface area (Å²) in [6.45, 7) is 4.36. The molecule has 0 bridgehead atoms. The van der Waals surface area contributed by atoms with Crippen LogP contribution in [-0.4, -0.2) is 37.2 Å². The summed E-state index contributed by atoms with van der Waals surface area (Å²) >= 11 is 0. The summed E-state index contributed by atoms with van der Waals surface area (Å²) in [4.78, 5) is 25.4. The molecule has 1 amide bonds. The Morgan fingerprint density at radius 3 is 2.38 bits per heavy atom. The Balaban J connectivity index is 1.52. The van der Waals surface area contributed by atoms with E-state index in [0.717, 1.165) is 34.6 Å². The number of carbonyl (C=O) groups excluding carboxylic acids is 2. The summed E-state index contributed by atoms with van der Waals surface area (Å²) in [5.41, 5.74) is 2.86. The lowest BCUT2D eigenvalue weighted by Crippen LogP contribution is -2.30. The Morgan fingerprint density at radius 1 is 0.971 bits per heavy atom. The van der Waals surface area contributed by atoms with Crippen LogP contribution in [-0.2, 0) is 26.1 Å². The number of para-hydroxylation sites is 2. The van der Waals surface area contributed by atoms with Crippen molar-refractivity contribution in [2.75, 3.05) is 16.3 Å². The maximum Gasteiger partial charge on any atom is 0.341 e. The van der Waals surface area contributed by atoms with Crippen LogP contribution in [0.25, 0.3) is 21.8 Å². The molecule has 0 aliphatic rings. The van der Waals surface area contributed by atoms with Crippen molar-refractivity contribution < 1.29 is 22.7 Å². The minimum Gasteiger partial charge on any atom is -0.449 e. The number of carbonyl (C=O) groups is 2. The second-order valence-electron chi connectivity index (χ2n) is 7.95. The number of anilines is 2. The van der Waals surface area contributed by atoms with Crippen LogP contribution in [0.3, 0.4) is 0 Å². The second kappa shape index (κ2) is 9.18. The molecule has 34 heavy (non-hydrogen) atoms. The molecule has 2 N–H and O–H groups in total. The van der Waals surface area contributed by atoms with Crippen molar-refractivity contribution in [3.8, 4) is 0 Å². The number of fused-ring (bicyclic) bond motifs is 3. The summed E-state index contributed by atoms with van der Waals surface area (Å²) < 4.78 is 33.0. The van der Waals surface area contributed by atoms with Crippen molar-refractivity contribution in [1.29, 1.82) is 0 Å². The molecule has 0 saturated carbocycles. The molecule has 8 nitrogen and oxygen atoms in total. The minimum atomic E-state index is -3.59. The zero-order chi connectivity index (χ0) is 24.5. The predicted molar refractivity (Wildman–Crippen MR) is 134 cm³/mol. The van der Waals surface area contributed by atoms with Crippen LogP contribution in [0, 0.1) is 0 Å². The number of nitrogens with one attached hydrogen (secondary N) is 2. The molecular formula is C25H25N3O5S. The molecule has 1 atom stereocenters. The fourth-order valence-corrected chi connectivity index (χ4v) is 4.52. The highest BCUT2D eigenvalue weighted by atomic mass is 32.2. The highest BCUT2D eigenvalue weighted by Crippen LogP contribution is 2.31. The fraction of sp³-hybridized carbons (Fsp3) is 0.200. The summed E-state index contributed by atoms with van der Waals surface area (Å²) in [7, 11) is -3.59. The van der Waals surface area contributed by atoms with Gasteiger partial charge in [-0.1, -0.05) is 30.3 Å². The minimum absolute atomic E-state index is 0.0152. The van der Waals surface area contributed by atoms with Crippen LogP contribution in [0.4, 0.5) is 11.4 Å². The van der Waals surface area contributed by atoms with Crippen molar-refractivity contribution in [3.05, 3.63) is 72.3 Å². The topological polar surface area (TPSA) is 106 Å². The van der Waals surface area contributed by atoms with Crippen molar-refractivity contribution in [2.24, 2.45) is 0 Å². The summed E-state index contributed by atoms with van der Waals surface area (Å²) in [6, 6.07) is 19.8. The standard InChI is InChI=1S/C25H25N3O5S/c1-4-28-22-12-8-6-9-18(22)20-15-17(13-14-23(20)28)26-24(29)16(2)33-25(30)19-10-5-7-11-21(19)27-34(3,31)32/h5-16,27H,4H2,1-3H3,(H,26,29). The Bertz CT molecular complexity index is 1510. The number of amides is 1. The molecule has 4 rings (SSSR count). The number of hydrogen-bond donors (Lipinski definition) is 2. The molecule has 1 heterocycles. The van der Waals surface area contributed by atoms with Gasteiger partial charge in [0.2, 0.25) is 10.0 Å². The quantitative estimate of drug-likeness (QED) is 0.383. The molecule has 4 aromatic rings. The molecule has 0 spiro atoms. The normalized spacial score (nSPS) is 12.4. The van der Waals surface area contributed by atoms with E-state index >= 15 is 0 Å². The van der Waals surface area contributed by atoms with E-state index in [1.165, 1.54) is 19.1 Å². The zero-order valence-electron chi connectivity index (χ0n) is 19.0. The lowest BCUT2D eigenvalue weighted by Gasteiger charge is -2.15. The number of sulfonamides is 1. The van der Waals surface area contributed by atoms with Gasteiger partial charge in [0, 0.05) is 34.0 Å². The van der Waals surface area contributed by atoms with E-state index in [1.54, 1.807) is 12.1 Å². The van der Waals surface area contributed by atoms with Crippen molar-refractivity contribution in [2.45, 2.75) is 26.5 Å². The summed E-state index contributed by atoms with van der Waals surface area (Å²) in [5.74, 6) is -1.31. The SMILES string of the molecule is CCn1c2ccccc2c2cc(NC(=O)C(C)OC(=O)c3ccccc3NS(C)(=O)=O)ccc21. The Morgan fingerprint density at radius 2 is 1.65 bits per heavy atom. The van der Waals surface area contributed by atoms with Crippen LogP contribution in [0.2, 0.25) is 0 Å². The van der Waals surface area contributed by atoms with Gasteiger partial charge >= 0.3 is 5.97 Å². The van der Waals surface area contributed by atoms with Gasteiger partial charge in [-0.15, -0.1) is 0 Å². The van der Waals surface area contributed by atoms with Gasteiger partial charge in [0.05, 0.1) is 17.5 Å². The van der Waals surface area contributed by atoms with Gasteiger partial charge in [-0.3, -0.25) is 9.52 Å². The molecule has 3 aromatic carbocycles. The molecule has 1 unspecified atom stereocenters. The van der Waals surface area contributed by atoms with Crippen molar-refractivity contribution in [3.63, 3.8) is 0 Å². The van der Waals surface area contributed by atoms with Crippen LogP contribution in [0.15, 0.2) is 66.7 Å². The number of rotatable bonds is 7. The molecule has 0 aliphatic heterocycles. The number of aryl methyl sites for hydroxylation is 1. The highest BCUT2D eigenvalue weighted by molar-refractivity contribution is 7.92. The Labute approximate surface area is 197 Å². The first-order chi connectivity index (χ1) is 16.2. The zero-order valence-corrected chi connectivity index (χ0v) is 19.8. The monoisotopic (exact) mass is 479 g/mol. The van der Waals surface area contributed by atoms with E-state index in [4.69, 9.17) is 4.74 Å². The molecule has 176 valence electrons. The van der Waals surface area contributed by atoms with Crippen LogP contribution < -0.4 is 10.0 Å². The van der Waals surface area contributed by atoms with E-state index in [9.17, 15) is 18.0 Å². The average Bonchev–Trinajstić information content (AvgIpc) is 3.11. The fourth-order valence-electron chi connectivity index (χ4n) is 3.94. The predicted octanol–water partition coefficient (Wildman–Crippen LogP) is 4.37. The number of nitrogens with zero attached hydrogens (tertiary/aromatic N) is 1. The van der Waals surface area contributed by atoms with E-state index in [2.05, 4.69) is 27.6 Å². The van der Waals surface area contributed by atoms with Crippen molar-refractivity contribution in [1.82, 2.24) is 4.57 Å². The first-order valence-corrected chi connectivity index (χ1v) is 12.7. The number of ether oxygens (including phenoxy) is 1. The first kappa shape index (κ1) is 23.3. The third-order valence-corrected chi connectivity index (χ3v) is 6.04. The van der Waals surface area contributed by atoms with Crippen LogP contribution >= 0.6 is 0 Å². The molecule has 0 saturated heterocycles.